The van der Waals surface area contributed by atoms with E-state index < -0.39 is 5.60 Å². The first-order valence-electron chi connectivity index (χ1n) is 4.51. The van der Waals surface area contributed by atoms with E-state index in [-0.39, 0.29) is 0 Å². The van der Waals surface area contributed by atoms with Gasteiger partial charge in [-0.1, -0.05) is 12.1 Å². The van der Waals surface area contributed by atoms with Gasteiger partial charge < -0.3 is 9.84 Å². The van der Waals surface area contributed by atoms with E-state index in [0.717, 1.165) is 10.6 Å². The first-order chi connectivity index (χ1) is 6.53. The molecule has 0 aliphatic rings. The molecule has 1 aromatic rings. The zero-order chi connectivity index (χ0) is 10.6. The predicted octanol–water partition coefficient (Wildman–Crippen LogP) is 2.56. The number of aliphatic hydroxyl groups is 1. The van der Waals surface area contributed by atoms with Crippen molar-refractivity contribution in [1.29, 1.82) is 0 Å². The van der Waals surface area contributed by atoms with Crippen molar-refractivity contribution in [1.82, 2.24) is 0 Å². The summed E-state index contributed by atoms with van der Waals surface area (Å²) >= 11 is 1.60. The molecule has 3 heteroatoms. The van der Waals surface area contributed by atoms with E-state index in [4.69, 9.17) is 4.74 Å². The van der Waals surface area contributed by atoms with E-state index in [1.165, 1.54) is 0 Å². The van der Waals surface area contributed by atoms with Gasteiger partial charge in [0.15, 0.2) is 0 Å². The number of thioether (sulfide) groups is 1. The van der Waals surface area contributed by atoms with Crippen molar-refractivity contribution < 1.29 is 9.84 Å². The van der Waals surface area contributed by atoms with Gasteiger partial charge in [-0.3, -0.25) is 0 Å². The largest absolute Gasteiger partial charge is 0.496 e. The molecule has 0 aliphatic carbocycles. The van der Waals surface area contributed by atoms with E-state index in [1.807, 2.05) is 24.3 Å². The second kappa shape index (κ2) is 4.71. The van der Waals surface area contributed by atoms with Crippen LogP contribution in [0.15, 0.2) is 29.2 Å². The lowest BCUT2D eigenvalue weighted by atomic mass is 10.2. The molecule has 0 atom stereocenters. The number of ether oxygens (including phenoxy) is 1. The van der Waals surface area contributed by atoms with E-state index in [9.17, 15) is 5.11 Å². The van der Waals surface area contributed by atoms with Crippen LogP contribution in [0.3, 0.4) is 0 Å². The van der Waals surface area contributed by atoms with Crippen LogP contribution in [0.4, 0.5) is 0 Å². The number of hydrogen-bond acceptors (Lipinski definition) is 3. The quantitative estimate of drug-likeness (QED) is 0.778. The molecule has 0 aliphatic heterocycles. The van der Waals surface area contributed by atoms with Gasteiger partial charge >= 0.3 is 0 Å². The molecular formula is C11H16O2S. The molecule has 0 amide bonds. The topological polar surface area (TPSA) is 29.5 Å². The van der Waals surface area contributed by atoms with E-state index in [0.29, 0.717) is 5.75 Å². The second-order valence-corrected chi connectivity index (χ2v) is 4.77. The minimum atomic E-state index is -0.647. The summed E-state index contributed by atoms with van der Waals surface area (Å²) < 4.78 is 5.21. The zero-order valence-corrected chi connectivity index (χ0v) is 9.60. The van der Waals surface area contributed by atoms with Gasteiger partial charge in [-0.15, -0.1) is 11.8 Å². The van der Waals surface area contributed by atoms with Crippen LogP contribution in [0.2, 0.25) is 0 Å². The fourth-order valence-electron chi connectivity index (χ4n) is 0.992. The summed E-state index contributed by atoms with van der Waals surface area (Å²) in [4.78, 5) is 1.07. The third kappa shape index (κ3) is 3.60. The second-order valence-electron chi connectivity index (χ2n) is 3.75. The Labute approximate surface area is 89.3 Å². The van der Waals surface area contributed by atoms with Crippen molar-refractivity contribution >= 4 is 11.8 Å². The summed E-state index contributed by atoms with van der Waals surface area (Å²) in [6.45, 7) is 3.60. The third-order valence-corrected chi connectivity index (χ3v) is 3.15. The maximum atomic E-state index is 9.58. The average molecular weight is 212 g/mol. The monoisotopic (exact) mass is 212 g/mol. The van der Waals surface area contributed by atoms with Crippen LogP contribution in [-0.4, -0.2) is 23.6 Å². The lowest BCUT2D eigenvalue weighted by molar-refractivity contribution is 0.107. The molecule has 0 saturated heterocycles. The summed E-state index contributed by atoms with van der Waals surface area (Å²) in [6, 6.07) is 7.82. The van der Waals surface area contributed by atoms with Gasteiger partial charge in [0.25, 0.3) is 0 Å². The Hall–Kier alpha value is -0.670. The van der Waals surface area contributed by atoms with Crippen molar-refractivity contribution in [3.8, 4) is 5.75 Å². The molecule has 78 valence electrons. The summed E-state index contributed by atoms with van der Waals surface area (Å²) in [6.07, 6.45) is 0. The van der Waals surface area contributed by atoms with Gasteiger partial charge in [-0.05, 0) is 26.0 Å². The predicted molar refractivity (Wildman–Crippen MR) is 60.0 cm³/mol. The lowest BCUT2D eigenvalue weighted by Gasteiger charge is -2.17. The van der Waals surface area contributed by atoms with Crippen molar-refractivity contribution in [3.05, 3.63) is 24.3 Å². The van der Waals surface area contributed by atoms with Crippen LogP contribution in [0.25, 0.3) is 0 Å². The molecule has 2 nitrogen and oxygen atoms in total. The number of methoxy groups -OCH3 is 1. The van der Waals surface area contributed by atoms with Gasteiger partial charge in [0.2, 0.25) is 0 Å². The average Bonchev–Trinajstić information content (AvgIpc) is 2.14. The molecule has 0 spiro atoms. The molecule has 1 N–H and O–H groups in total. The number of para-hydroxylation sites is 1. The lowest BCUT2D eigenvalue weighted by Crippen LogP contribution is -2.21. The maximum Gasteiger partial charge on any atom is 0.132 e. The Morgan fingerprint density at radius 2 is 2.00 bits per heavy atom. The zero-order valence-electron chi connectivity index (χ0n) is 8.78. The molecular weight excluding hydrogens is 196 g/mol. The standard InChI is InChI=1S/C11H16O2S/c1-11(2,12)8-14-10-7-5-4-6-9(10)13-3/h4-7,12H,8H2,1-3H3. The van der Waals surface area contributed by atoms with Crippen LogP contribution in [0.1, 0.15) is 13.8 Å². The van der Waals surface area contributed by atoms with Gasteiger partial charge in [0.05, 0.1) is 12.7 Å². The first-order valence-corrected chi connectivity index (χ1v) is 5.50. The highest BCUT2D eigenvalue weighted by atomic mass is 32.2. The Bertz CT molecular complexity index is 292. The summed E-state index contributed by atoms with van der Waals surface area (Å²) in [5.41, 5.74) is -0.647. The van der Waals surface area contributed by atoms with Crippen LogP contribution >= 0.6 is 11.8 Å². The highest BCUT2D eigenvalue weighted by Gasteiger charge is 2.14. The Balaban J connectivity index is 2.67. The molecule has 14 heavy (non-hydrogen) atoms. The van der Waals surface area contributed by atoms with Crippen LogP contribution < -0.4 is 4.74 Å². The SMILES string of the molecule is COc1ccccc1SCC(C)(C)O. The van der Waals surface area contributed by atoms with Crippen molar-refractivity contribution in [2.24, 2.45) is 0 Å². The molecule has 0 saturated carbocycles. The Kier molecular flexibility index (Phi) is 3.84. The van der Waals surface area contributed by atoms with E-state index in [2.05, 4.69) is 0 Å². The Morgan fingerprint density at radius 3 is 2.57 bits per heavy atom. The van der Waals surface area contributed by atoms with Gasteiger partial charge in [0.1, 0.15) is 5.75 Å². The summed E-state index contributed by atoms with van der Waals surface area (Å²) in [7, 11) is 1.66. The van der Waals surface area contributed by atoms with Crippen molar-refractivity contribution in [2.75, 3.05) is 12.9 Å². The fraction of sp³-hybridized carbons (Fsp3) is 0.455. The highest BCUT2D eigenvalue weighted by Crippen LogP contribution is 2.30. The van der Waals surface area contributed by atoms with Crippen LogP contribution in [0, 0.1) is 0 Å². The third-order valence-electron chi connectivity index (χ3n) is 1.65. The van der Waals surface area contributed by atoms with E-state index in [1.54, 1.807) is 32.7 Å². The smallest absolute Gasteiger partial charge is 0.132 e. The van der Waals surface area contributed by atoms with Crippen LogP contribution in [-0.2, 0) is 0 Å². The van der Waals surface area contributed by atoms with Gasteiger partial charge in [-0.2, -0.15) is 0 Å². The molecule has 0 aromatic heterocycles. The van der Waals surface area contributed by atoms with Crippen molar-refractivity contribution in [2.45, 2.75) is 24.3 Å². The Morgan fingerprint density at radius 1 is 1.36 bits per heavy atom. The molecule has 1 rings (SSSR count). The van der Waals surface area contributed by atoms with Gasteiger partial charge in [0, 0.05) is 10.6 Å². The molecule has 0 bridgehead atoms. The molecule has 0 unspecified atom stereocenters. The van der Waals surface area contributed by atoms with Crippen molar-refractivity contribution in [3.63, 3.8) is 0 Å². The first kappa shape index (κ1) is 11.4. The minimum absolute atomic E-state index is 0.647. The number of benzene rings is 1. The fourth-order valence-corrected chi connectivity index (χ4v) is 1.97. The summed E-state index contributed by atoms with van der Waals surface area (Å²) in [5.74, 6) is 1.52. The molecule has 0 radical (unpaired) electrons. The molecule has 0 fully saturated rings. The maximum absolute atomic E-state index is 9.58. The minimum Gasteiger partial charge on any atom is -0.496 e. The van der Waals surface area contributed by atoms with Gasteiger partial charge in [-0.25, -0.2) is 0 Å². The molecule has 1 aromatic carbocycles. The number of hydrogen-bond donors (Lipinski definition) is 1. The number of rotatable bonds is 4. The van der Waals surface area contributed by atoms with Crippen LogP contribution in [0.5, 0.6) is 5.75 Å². The molecule has 0 heterocycles. The van der Waals surface area contributed by atoms with E-state index >= 15 is 0 Å². The highest BCUT2D eigenvalue weighted by molar-refractivity contribution is 7.99. The summed E-state index contributed by atoms with van der Waals surface area (Å²) in [5, 5.41) is 9.58. The normalized spacial score (nSPS) is 11.4.